The first-order chi connectivity index (χ1) is 13.0. The number of methoxy groups -OCH3 is 1. The van der Waals surface area contributed by atoms with Gasteiger partial charge in [-0.1, -0.05) is 23.7 Å². The highest BCUT2D eigenvalue weighted by Crippen LogP contribution is 2.19. The van der Waals surface area contributed by atoms with E-state index >= 15 is 0 Å². The number of nitrogens with one attached hydrogen (secondary N) is 2. The summed E-state index contributed by atoms with van der Waals surface area (Å²) in [6, 6.07) is 13.5. The van der Waals surface area contributed by atoms with E-state index < -0.39 is 0 Å². The van der Waals surface area contributed by atoms with E-state index in [1.807, 2.05) is 0 Å². The Morgan fingerprint density at radius 3 is 2.44 bits per heavy atom. The van der Waals surface area contributed by atoms with E-state index in [-0.39, 0.29) is 30.0 Å². The Hall–Kier alpha value is -2.51. The number of carbonyl (C=O) groups is 3. The van der Waals surface area contributed by atoms with Gasteiger partial charge >= 0.3 is 5.97 Å². The zero-order valence-corrected chi connectivity index (χ0v) is 16.2. The van der Waals surface area contributed by atoms with Crippen LogP contribution in [0.15, 0.2) is 48.5 Å². The summed E-state index contributed by atoms with van der Waals surface area (Å²) in [6.07, 6.45) is 0.245. The van der Waals surface area contributed by atoms with Crippen LogP contribution in [-0.4, -0.2) is 36.4 Å². The molecule has 2 aromatic carbocycles. The Morgan fingerprint density at radius 1 is 1.04 bits per heavy atom. The van der Waals surface area contributed by atoms with E-state index in [2.05, 4.69) is 15.4 Å². The Morgan fingerprint density at radius 2 is 1.74 bits per heavy atom. The summed E-state index contributed by atoms with van der Waals surface area (Å²) >= 11 is 7.15. The predicted molar refractivity (Wildman–Crippen MR) is 108 cm³/mol. The van der Waals surface area contributed by atoms with Crippen molar-refractivity contribution < 1.29 is 19.1 Å². The molecule has 27 heavy (non-hydrogen) atoms. The van der Waals surface area contributed by atoms with Crippen molar-refractivity contribution in [3.8, 4) is 0 Å². The van der Waals surface area contributed by atoms with Gasteiger partial charge in [0.25, 0.3) is 5.91 Å². The molecule has 0 atom stereocenters. The number of halogens is 1. The number of hydrogen-bond acceptors (Lipinski definition) is 5. The van der Waals surface area contributed by atoms with E-state index in [4.69, 9.17) is 11.6 Å². The second kappa shape index (κ2) is 10.6. The number of rotatable bonds is 8. The number of hydrogen-bond donors (Lipinski definition) is 2. The smallest absolute Gasteiger partial charge is 0.306 e. The second-order valence-corrected chi connectivity index (χ2v) is 6.98. The minimum absolute atomic E-state index is 0.171. The van der Waals surface area contributed by atoms with Gasteiger partial charge in [-0.05, 0) is 36.4 Å². The van der Waals surface area contributed by atoms with Crippen LogP contribution in [0.25, 0.3) is 0 Å². The molecule has 0 fully saturated rings. The zero-order valence-electron chi connectivity index (χ0n) is 14.7. The molecular formula is C19H19ClN2O4S. The van der Waals surface area contributed by atoms with Crippen LogP contribution in [0.5, 0.6) is 0 Å². The maximum atomic E-state index is 12.5. The third kappa shape index (κ3) is 6.96. The second-order valence-electron chi connectivity index (χ2n) is 5.43. The van der Waals surface area contributed by atoms with Gasteiger partial charge in [0.1, 0.15) is 0 Å². The third-order valence-electron chi connectivity index (χ3n) is 3.46. The number of anilines is 2. The summed E-state index contributed by atoms with van der Waals surface area (Å²) in [5, 5.41) is 6.07. The van der Waals surface area contributed by atoms with Crippen LogP contribution < -0.4 is 10.6 Å². The fourth-order valence-electron chi connectivity index (χ4n) is 2.13. The molecule has 0 heterocycles. The third-order valence-corrected chi connectivity index (χ3v) is 4.67. The van der Waals surface area contributed by atoms with Crippen molar-refractivity contribution in [2.75, 3.05) is 29.2 Å². The molecule has 2 aromatic rings. The monoisotopic (exact) mass is 406 g/mol. The quantitative estimate of drug-likeness (QED) is 0.514. The first-order valence-corrected chi connectivity index (χ1v) is 9.63. The topological polar surface area (TPSA) is 84.5 Å². The van der Waals surface area contributed by atoms with E-state index in [9.17, 15) is 14.4 Å². The van der Waals surface area contributed by atoms with Crippen LogP contribution in [-0.2, 0) is 14.3 Å². The molecule has 0 saturated heterocycles. The molecule has 8 heteroatoms. The lowest BCUT2D eigenvalue weighted by Crippen LogP contribution is -2.19. The van der Waals surface area contributed by atoms with Crippen molar-refractivity contribution in [2.45, 2.75) is 6.42 Å². The molecule has 0 spiro atoms. The highest BCUT2D eigenvalue weighted by molar-refractivity contribution is 7.99. The van der Waals surface area contributed by atoms with Crippen LogP contribution in [0.4, 0.5) is 11.4 Å². The fraction of sp³-hybridized carbons (Fsp3) is 0.211. The fourth-order valence-corrected chi connectivity index (χ4v) is 2.97. The van der Waals surface area contributed by atoms with E-state index in [0.717, 1.165) is 0 Å². The Bertz CT molecular complexity index is 812. The molecule has 142 valence electrons. The molecule has 0 saturated carbocycles. The highest BCUT2D eigenvalue weighted by Gasteiger charge is 2.13. The summed E-state index contributed by atoms with van der Waals surface area (Å²) in [5.74, 6) is -0.251. The summed E-state index contributed by atoms with van der Waals surface area (Å²) in [7, 11) is 1.33. The van der Waals surface area contributed by atoms with Crippen LogP contribution >= 0.6 is 23.4 Å². The molecule has 2 N–H and O–H groups in total. The molecule has 2 rings (SSSR count). The SMILES string of the molecule is COC(=O)CCSCC(=O)Nc1ccccc1C(=O)Nc1ccc(Cl)cc1. The van der Waals surface area contributed by atoms with Crippen molar-refractivity contribution in [2.24, 2.45) is 0 Å². The first-order valence-electron chi connectivity index (χ1n) is 8.10. The standard InChI is InChI=1S/C19H19ClN2O4S/c1-26-18(24)10-11-27-12-17(23)22-16-5-3-2-4-15(16)19(25)21-14-8-6-13(20)7-9-14/h2-9H,10-12H2,1H3,(H,21,25)(H,22,23). The van der Waals surface area contributed by atoms with Gasteiger partial charge in [0, 0.05) is 16.5 Å². The zero-order chi connectivity index (χ0) is 19.6. The van der Waals surface area contributed by atoms with Crippen molar-refractivity contribution in [1.82, 2.24) is 0 Å². The van der Waals surface area contributed by atoms with Gasteiger partial charge in [-0.15, -0.1) is 0 Å². The molecule has 2 amide bonds. The number of ether oxygens (including phenoxy) is 1. The Kier molecular flexibility index (Phi) is 8.16. The van der Waals surface area contributed by atoms with E-state index in [1.54, 1.807) is 48.5 Å². The summed E-state index contributed by atoms with van der Waals surface area (Å²) in [5.41, 5.74) is 1.37. The molecule has 6 nitrogen and oxygen atoms in total. The van der Waals surface area contributed by atoms with Crippen molar-refractivity contribution in [1.29, 1.82) is 0 Å². The highest BCUT2D eigenvalue weighted by atomic mass is 35.5. The number of benzene rings is 2. The van der Waals surface area contributed by atoms with Crippen molar-refractivity contribution in [3.63, 3.8) is 0 Å². The van der Waals surface area contributed by atoms with E-state index in [0.29, 0.717) is 27.7 Å². The van der Waals surface area contributed by atoms with Crippen molar-refractivity contribution in [3.05, 3.63) is 59.1 Å². The number of thioether (sulfide) groups is 1. The average Bonchev–Trinajstić information content (AvgIpc) is 2.67. The minimum Gasteiger partial charge on any atom is -0.469 e. The number of para-hydroxylation sites is 1. The molecule has 0 aliphatic carbocycles. The Labute approximate surface area is 166 Å². The Balaban J connectivity index is 1.94. The number of amides is 2. The van der Waals surface area contributed by atoms with E-state index in [1.165, 1.54) is 18.9 Å². The first kappa shape index (κ1) is 20.8. The molecule has 0 aromatic heterocycles. The maximum absolute atomic E-state index is 12.5. The van der Waals surface area contributed by atoms with Gasteiger partial charge in [0.15, 0.2) is 0 Å². The van der Waals surface area contributed by atoms with Gasteiger partial charge in [0.2, 0.25) is 5.91 Å². The van der Waals surface area contributed by atoms with Crippen LogP contribution in [0, 0.1) is 0 Å². The molecule has 0 unspecified atom stereocenters. The average molecular weight is 407 g/mol. The largest absolute Gasteiger partial charge is 0.469 e. The lowest BCUT2D eigenvalue weighted by atomic mass is 10.1. The van der Waals surface area contributed by atoms with Gasteiger partial charge in [-0.2, -0.15) is 11.8 Å². The minimum atomic E-state index is -0.341. The summed E-state index contributed by atoms with van der Waals surface area (Å²) < 4.78 is 4.55. The normalized spacial score (nSPS) is 10.1. The molecular weight excluding hydrogens is 388 g/mol. The summed E-state index contributed by atoms with van der Waals surface area (Å²) in [4.78, 5) is 35.7. The molecule has 0 bridgehead atoms. The van der Waals surface area contributed by atoms with Crippen LogP contribution in [0.3, 0.4) is 0 Å². The lowest BCUT2D eigenvalue weighted by Gasteiger charge is -2.11. The number of esters is 1. The van der Waals surface area contributed by atoms with Gasteiger partial charge in [0.05, 0.1) is 30.5 Å². The molecule has 0 radical (unpaired) electrons. The predicted octanol–water partition coefficient (Wildman–Crippen LogP) is 3.83. The number of carbonyl (C=O) groups excluding carboxylic acids is 3. The van der Waals surface area contributed by atoms with Gasteiger partial charge < -0.3 is 15.4 Å². The van der Waals surface area contributed by atoms with Crippen LogP contribution in [0.2, 0.25) is 5.02 Å². The summed E-state index contributed by atoms with van der Waals surface area (Å²) in [6.45, 7) is 0. The maximum Gasteiger partial charge on any atom is 0.306 e. The van der Waals surface area contributed by atoms with Crippen LogP contribution in [0.1, 0.15) is 16.8 Å². The van der Waals surface area contributed by atoms with Gasteiger partial charge in [-0.3, -0.25) is 14.4 Å². The van der Waals surface area contributed by atoms with Crippen molar-refractivity contribution >= 4 is 52.5 Å². The van der Waals surface area contributed by atoms with Gasteiger partial charge in [-0.25, -0.2) is 0 Å². The lowest BCUT2D eigenvalue weighted by molar-refractivity contribution is -0.140. The molecule has 0 aliphatic heterocycles. The molecule has 0 aliphatic rings.